The van der Waals surface area contributed by atoms with Crippen LogP contribution in [0.4, 0.5) is 0 Å². The van der Waals surface area contributed by atoms with Gasteiger partial charge in [-0.1, -0.05) is 18.6 Å². The fraction of sp³-hybridized carbons (Fsp3) is 0.762. The van der Waals surface area contributed by atoms with Crippen LogP contribution in [0.1, 0.15) is 26.7 Å². The Morgan fingerprint density at radius 3 is 2.60 bits per heavy atom. The number of aliphatic hydroxyl groups is 5. The van der Waals surface area contributed by atoms with Crippen LogP contribution in [0.2, 0.25) is 0 Å². The highest BCUT2D eigenvalue weighted by molar-refractivity contribution is 5.75. The summed E-state index contributed by atoms with van der Waals surface area (Å²) < 4.78 is 16.9. The third kappa shape index (κ3) is 3.52. The molecule has 2 fully saturated rings. The molecule has 0 spiro atoms. The summed E-state index contributed by atoms with van der Waals surface area (Å²) in [6.45, 7) is 3.24. The van der Waals surface area contributed by atoms with Crippen LogP contribution in [0.5, 0.6) is 0 Å². The molecule has 168 valence electrons. The summed E-state index contributed by atoms with van der Waals surface area (Å²) in [5.74, 6) is -0.896. The second-order valence-corrected chi connectivity index (χ2v) is 8.78. The number of hydrogen-bond donors (Lipinski definition) is 5. The highest BCUT2D eigenvalue weighted by Crippen LogP contribution is 2.49. The van der Waals surface area contributed by atoms with E-state index in [1.165, 1.54) is 0 Å². The molecule has 9 heteroatoms. The van der Waals surface area contributed by atoms with Crippen molar-refractivity contribution in [1.29, 1.82) is 0 Å². The zero-order valence-corrected chi connectivity index (χ0v) is 17.0. The minimum Gasteiger partial charge on any atom is -0.461 e. The van der Waals surface area contributed by atoms with E-state index >= 15 is 0 Å². The van der Waals surface area contributed by atoms with E-state index in [1.54, 1.807) is 0 Å². The molecule has 0 saturated carbocycles. The van der Waals surface area contributed by atoms with Crippen molar-refractivity contribution >= 4 is 5.97 Å². The summed E-state index contributed by atoms with van der Waals surface area (Å²) in [4.78, 5) is 12.2. The summed E-state index contributed by atoms with van der Waals surface area (Å²) in [6.07, 6.45) is -4.68. The number of rotatable bonds is 4. The van der Waals surface area contributed by atoms with Crippen LogP contribution >= 0.6 is 0 Å². The van der Waals surface area contributed by atoms with Gasteiger partial charge < -0.3 is 39.7 Å². The first-order valence-corrected chi connectivity index (χ1v) is 10.4. The van der Waals surface area contributed by atoms with E-state index in [2.05, 4.69) is 0 Å². The monoisotopic (exact) mass is 426 g/mol. The van der Waals surface area contributed by atoms with Crippen molar-refractivity contribution in [3.63, 3.8) is 0 Å². The summed E-state index contributed by atoms with van der Waals surface area (Å²) in [6, 6.07) is 0. The Hall–Kier alpha value is -1.33. The van der Waals surface area contributed by atoms with Gasteiger partial charge in [-0.05, 0) is 30.9 Å². The number of fused-ring (bicyclic) bond motifs is 3. The van der Waals surface area contributed by atoms with Gasteiger partial charge in [0, 0.05) is 11.8 Å². The zero-order valence-electron chi connectivity index (χ0n) is 17.0. The Morgan fingerprint density at radius 2 is 1.90 bits per heavy atom. The largest absolute Gasteiger partial charge is 0.461 e. The number of allylic oxidation sites excluding steroid dienone is 1. The van der Waals surface area contributed by atoms with E-state index in [0.29, 0.717) is 12.8 Å². The Morgan fingerprint density at radius 1 is 1.17 bits per heavy atom. The standard InChI is InChI=1S/C21H30O9/c1-8-11-4-3-10(7-28-21-18(26)17(25)16(24)14(6-22)29-21)15(11)19-12(5-13(8)23)9(2)20(27)30-19/h3,9,12-19,21-26H,4-7H2,1-2H3/t9-,12-,13+,14+,15-,16+,17-,18+,19-,21+/m0/s1. The Kier molecular flexibility index (Phi) is 6.06. The number of ether oxygens (including phenoxy) is 3. The van der Waals surface area contributed by atoms with Gasteiger partial charge in [-0.15, -0.1) is 0 Å². The van der Waals surface area contributed by atoms with Crippen LogP contribution in [0.3, 0.4) is 0 Å². The van der Waals surface area contributed by atoms with Gasteiger partial charge in [0.15, 0.2) is 6.29 Å². The molecule has 9 nitrogen and oxygen atoms in total. The van der Waals surface area contributed by atoms with Crippen molar-refractivity contribution in [2.45, 2.75) is 69.6 Å². The summed E-state index contributed by atoms with van der Waals surface area (Å²) in [7, 11) is 0. The summed E-state index contributed by atoms with van der Waals surface area (Å²) in [5.41, 5.74) is 2.76. The van der Waals surface area contributed by atoms with E-state index in [-0.39, 0.29) is 36.4 Å². The third-order valence-corrected chi connectivity index (χ3v) is 7.14. The van der Waals surface area contributed by atoms with Crippen LogP contribution < -0.4 is 0 Å². The second kappa shape index (κ2) is 8.31. The second-order valence-electron chi connectivity index (χ2n) is 8.78. The van der Waals surface area contributed by atoms with Gasteiger partial charge in [-0.25, -0.2) is 0 Å². The number of hydrogen-bond acceptors (Lipinski definition) is 9. The molecule has 0 aromatic heterocycles. The van der Waals surface area contributed by atoms with Crippen LogP contribution in [-0.2, 0) is 19.0 Å². The number of carbonyl (C=O) groups is 1. The first kappa shape index (κ1) is 21.9. The van der Waals surface area contributed by atoms with E-state index in [9.17, 15) is 30.3 Å². The highest BCUT2D eigenvalue weighted by atomic mass is 16.7. The maximum Gasteiger partial charge on any atom is 0.309 e. The molecule has 0 aromatic rings. The SMILES string of the molecule is CC1=C2CC=C(CO[C@@H]3O[C@H](CO)[C@@H](O)[C@H](O)[C@H]3O)[C@@H]2[C@H]2OC(=O)[C@@H](C)[C@@H]2C[C@H]1O. The molecule has 10 atom stereocenters. The summed E-state index contributed by atoms with van der Waals surface area (Å²) in [5, 5.41) is 50.0. The molecule has 0 radical (unpaired) electrons. The molecule has 2 aliphatic carbocycles. The first-order valence-electron chi connectivity index (χ1n) is 10.4. The van der Waals surface area contributed by atoms with Gasteiger partial charge >= 0.3 is 5.97 Å². The van der Waals surface area contributed by atoms with Crippen molar-refractivity contribution in [2.24, 2.45) is 17.8 Å². The maximum atomic E-state index is 12.2. The number of aliphatic hydroxyl groups excluding tert-OH is 5. The van der Waals surface area contributed by atoms with Crippen molar-refractivity contribution in [1.82, 2.24) is 0 Å². The van der Waals surface area contributed by atoms with E-state index in [1.807, 2.05) is 19.9 Å². The molecule has 2 saturated heterocycles. The highest BCUT2D eigenvalue weighted by Gasteiger charge is 2.51. The number of carbonyl (C=O) groups excluding carboxylic acids is 1. The van der Waals surface area contributed by atoms with Crippen molar-refractivity contribution in [2.75, 3.05) is 13.2 Å². The lowest BCUT2D eigenvalue weighted by Crippen LogP contribution is -2.59. The van der Waals surface area contributed by atoms with E-state index < -0.39 is 43.4 Å². The Bertz CT molecular complexity index is 745. The predicted octanol–water partition coefficient (Wildman–Crippen LogP) is -0.992. The summed E-state index contributed by atoms with van der Waals surface area (Å²) >= 11 is 0. The van der Waals surface area contributed by atoms with Gasteiger partial charge in [-0.2, -0.15) is 0 Å². The van der Waals surface area contributed by atoms with Gasteiger partial charge in [0.25, 0.3) is 0 Å². The molecule has 30 heavy (non-hydrogen) atoms. The van der Waals surface area contributed by atoms with Gasteiger partial charge in [-0.3, -0.25) is 4.79 Å². The molecule has 0 aromatic carbocycles. The minimum atomic E-state index is -1.51. The van der Waals surface area contributed by atoms with Crippen LogP contribution in [-0.4, -0.2) is 87.6 Å². The molecule has 4 rings (SSSR count). The normalized spacial score (nSPS) is 46.2. The predicted molar refractivity (Wildman–Crippen MR) is 102 cm³/mol. The lowest BCUT2D eigenvalue weighted by Gasteiger charge is -2.39. The first-order chi connectivity index (χ1) is 14.2. The Labute approximate surface area is 174 Å². The Balaban J connectivity index is 1.52. The fourth-order valence-corrected chi connectivity index (χ4v) is 5.16. The number of esters is 1. The fourth-order valence-electron chi connectivity index (χ4n) is 5.16. The average Bonchev–Trinajstić information content (AvgIpc) is 3.24. The lowest BCUT2D eigenvalue weighted by atomic mass is 9.80. The van der Waals surface area contributed by atoms with Gasteiger partial charge in [0.1, 0.15) is 30.5 Å². The average molecular weight is 426 g/mol. The van der Waals surface area contributed by atoms with E-state index in [0.717, 1.165) is 16.7 Å². The van der Waals surface area contributed by atoms with Crippen molar-refractivity contribution in [3.05, 3.63) is 22.8 Å². The molecule has 0 unspecified atom stereocenters. The smallest absolute Gasteiger partial charge is 0.309 e. The van der Waals surface area contributed by atoms with Crippen LogP contribution in [0, 0.1) is 17.8 Å². The van der Waals surface area contributed by atoms with Crippen LogP contribution in [0.15, 0.2) is 22.8 Å². The molecule has 4 aliphatic rings. The van der Waals surface area contributed by atoms with Gasteiger partial charge in [0.05, 0.1) is 25.2 Å². The maximum absolute atomic E-state index is 12.2. The van der Waals surface area contributed by atoms with Crippen molar-refractivity contribution in [3.8, 4) is 0 Å². The molecule has 2 aliphatic heterocycles. The molecular weight excluding hydrogens is 396 g/mol. The molecule has 5 N–H and O–H groups in total. The molecular formula is C21H30O9. The lowest BCUT2D eigenvalue weighted by molar-refractivity contribution is -0.299. The quantitative estimate of drug-likeness (QED) is 0.282. The molecule has 0 amide bonds. The van der Waals surface area contributed by atoms with Crippen LogP contribution in [0.25, 0.3) is 0 Å². The topological polar surface area (TPSA) is 146 Å². The molecule has 2 heterocycles. The zero-order chi connectivity index (χ0) is 21.7. The molecule has 0 bridgehead atoms. The minimum absolute atomic E-state index is 0.0510. The van der Waals surface area contributed by atoms with Gasteiger partial charge in [0.2, 0.25) is 0 Å². The third-order valence-electron chi connectivity index (χ3n) is 7.14. The van der Waals surface area contributed by atoms with Crippen molar-refractivity contribution < 1.29 is 44.5 Å². The van der Waals surface area contributed by atoms with E-state index in [4.69, 9.17) is 14.2 Å².